The number of carboxylic acid groups (broad SMARTS) is 1. The molecule has 5 nitrogen and oxygen atoms in total. The van der Waals surface area contributed by atoms with Gasteiger partial charge in [0, 0.05) is 12.2 Å². The van der Waals surface area contributed by atoms with Crippen molar-refractivity contribution in [2.45, 2.75) is 0 Å². The predicted octanol–water partition coefficient (Wildman–Crippen LogP) is 4.03. The van der Waals surface area contributed by atoms with Crippen molar-refractivity contribution in [3.63, 3.8) is 0 Å². The monoisotopic (exact) mass is 359 g/mol. The minimum atomic E-state index is -1.23. The van der Waals surface area contributed by atoms with Gasteiger partial charge >= 0.3 is 5.97 Å². The van der Waals surface area contributed by atoms with Crippen molar-refractivity contribution in [3.05, 3.63) is 51.8 Å². The predicted molar refractivity (Wildman–Crippen MR) is 85.5 cm³/mol. The molecular formula is C15H12Cl2FNO4. The summed E-state index contributed by atoms with van der Waals surface area (Å²) < 4.78 is 18.5. The first-order chi connectivity index (χ1) is 10.9. The molecule has 23 heavy (non-hydrogen) atoms. The van der Waals surface area contributed by atoms with Gasteiger partial charge in [-0.25, -0.2) is 9.18 Å². The van der Waals surface area contributed by atoms with Crippen LogP contribution in [-0.4, -0.2) is 29.3 Å². The van der Waals surface area contributed by atoms with Crippen LogP contribution >= 0.6 is 23.2 Å². The number of anilines is 1. The number of aromatic carboxylic acids is 1. The van der Waals surface area contributed by atoms with Crippen LogP contribution in [0, 0.1) is 5.82 Å². The molecule has 0 fully saturated rings. The first-order valence-corrected chi connectivity index (χ1v) is 7.22. The van der Waals surface area contributed by atoms with Crippen LogP contribution in [0.4, 0.5) is 10.1 Å². The molecule has 0 aliphatic rings. The van der Waals surface area contributed by atoms with Crippen molar-refractivity contribution >= 4 is 34.9 Å². The van der Waals surface area contributed by atoms with Gasteiger partial charge in [0.2, 0.25) is 0 Å². The Hall–Kier alpha value is -2.18. The number of halogens is 3. The first-order valence-electron chi connectivity index (χ1n) is 6.46. The molecule has 0 spiro atoms. The summed E-state index contributed by atoms with van der Waals surface area (Å²) in [6, 6.07) is 6.63. The van der Waals surface area contributed by atoms with E-state index in [4.69, 9.17) is 33.0 Å². The summed E-state index contributed by atoms with van der Waals surface area (Å²) in [7, 11) is 0. The highest BCUT2D eigenvalue weighted by atomic mass is 35.5. The maximum Gasteiger partial charge on any atom is 0.339 e. The number of benzene rings is 2. The molecular weight excluding hydrogens is 348 g/mol. The van der Waals surface area contributed by atoms with E-state index in [0.29, 0.717) is 12.2 Å². The third-order valence-corrected chi connectivity index (χ3v) is 3.76. The number of phenols is 1. The quantitative estimate of drug-likeness (QED) is 0.412. The number of carbonyl (C=O) groups is 1. The Labute approximate surface area is 141 Å². The summed E-state index contributed by atoms with van der Waals surface area (Å²) in [5.41, 5.74) is 0.302. The SMILES string of the molecule is O=C(O)c1cc(NCCOc2ccc(F)c(Cl)c2Cl)ccc1O. The van der Waals surface area contributed by atoms with Gasteiger partial charge in [-0.15, -0.1) is 0 Å². The normalized spacial score (nSPS) is 10.4. The van der Waals surface area contributed by atoms with Crippen LogP contribution in [0.2, 0.25) is 10.0 Å². The van der Waals surface area contributed by atoms with Crippen molar-refractivity contribution in [3.8, 4) is 11.5 Å². The maximum absolute atomic E-state index is 13.2. The topological polar surface area (TPSA) is 78.8 Å². The Kier molecular flexibility index (Phi) is 5.52. The van der Waals surface area contributed by atoms with E-state index in [-0.39, 0.29) is 33.7 Å². The van der Waals surface area contributed by atoms with E-state index < -0.39 is 11.8 Å². The van der Waals surface area contributed by atoms with Crippen molar-refractivity contribution in [2.24, 2.45) is 0 Å². The lowest BCUT2D eigenvalue weighted by molar-refractivity contribution is 0.0694. The lowest BCUT2D eigenvalue weighted by Crippen LogP contribution is -2.12. The second-order valence-electron chi connectivity index (χ2n) is 4.49. The molecule has 0 heterocycles. The molecule has 0 atom stereocenters. The Morgan fingerprint density at radius 2 is 1.96 bits per heavy atom. The summed E-state index contributed by atoms with van der Waals surface area (Å²) >= 11 is 11.5. The van der Waals surface area contributed by atoms with Gasteiger partial charge in [0.05, 0.1) is 5.02 Å². The number of carboxylic acids is 1. The van der Waals surface area contributed by atoms with Crippen LogP contribution in [0.15, 0.2) is 30.3 Å². The average Bonchev–Trinajstić information content (AvgIpc) is 2.52. The number of hydrogen-bond donors (Lipinski definition) is 3. The van der Waals surface area contributed by atoms with Gasteiger partial charge in [0.1, 0.15) is 34.5 Å². The molecule has 8 heteroatoms. The van der Waals surface area contributed by atoms with Crippen LogP contribution in [0.25, 0.3) is 0 Å². The van der Waals surface area contributed by atoms with E-state index in [1.165, 1.54) is 24.3 Å². The molecule has 122 valence electrons. The summed E-state index contributed by atoms with van der Waals surface area (Å²) in [6.07, 6.45) is 0. The van der Waals surface area contributed by atoms with Gasteiger partial charge in [0.15, 0.2) is 0 Å². The minimum absolute atomic E-state index is 0.00976. The fourth-order valence-electron chi connectivity index (χ4n) is 1.79. The molecule has 0 aliphatic carbocycles. The number of rotatable bonds is 6. The van der Waals surface area contributed by atoms with Crippen LogP contribution in [0.3, 0.4) is 0 Å². The van der Waals surface area contributed by atoms with Gasteiger partial charge in [-0.1, -0.05) is 23.2 Å². The number of ether oxygens (including phenoxy) is 1. The molecule has 0 bridgehead atoms. The highest BCUT2D eigenvalue weighted by Crippen LogP contribution is 2.33. The lowest BCUT2D eigenvalue weighted by Gasteiger charge is -2.11. The van der Waals surface area contributed by atoms with E-state index in [1.54, 1.807) is 0 Å². The molecule has 0 radical (unpaired) electrons. The third kappa shape index (κ3) is 4.18. The van der Waals surface area contributed by atoms with E-state index in [1.807, 2.05) is 0 Å². The van der Waals surface area contributed by atoms with E-state index in [2.05, 4.69) is 5.32 Å². The zero-order valence-corrected chi connectivity index (χ0v) is 13.2. The summed E-state index contributed by atoms with van der Waals surface area (Å²) in [5.74, 6) is -1.92. The fourth-order valence-corrected chi connectivity index (χ4v) is 2.16. The molecule has 0 aliphatic heterocycles. The molecule has 0 amide bonds. The smallest absolute Gasteiger partial charge is 0.339 e. The Morgan fingerprint density at radius 3 is 2.65 bits per heavy atom. The van der Waals surface area contributed by atoms with Crippen LogP contribution in [-0.2, 0) is 0 Å². The largest absolute Gasteiger partial charge is 0.507 e. The lowest BCUT2D eigenvalue weighted by atomic mass is 10.2. The molecule has 0 unspecified atom stereocenters. The van der Waals surface area contributed by atoms with E-state index in [0.717, 1.165) is 6.07 Å². The highest BCUT2D eigenvalue weighted by Gasteiger charge is 2.11. The van der Waals surface area contributed by atoms with Crippen LogP contribution in [0.5, 0.6) is 11.5 Å². The minimum Gasteiger partial charge on any atom is -0.507 e. The summed E-state index contributed by atoms with van der Waals surface area (Å²) in [4.78, 5) is 10.9. The second-order valence-corrected chi connectivity index (χ2v) is 5.24. The zero-order valence-electron chi connectivity index (χ0n) is 11.6. The van der Waals surface area contributed by atoms with Gasteiger partial charge in [-0.05, 0) is 30.3 Å². The molecule has 2 aromatic carbocycles. The first kappa shape index (κ1) is 17.2. The summed E-state index contributed by atoms with van der Waals surface area (Å²) in [5, 5.41) is 21.0. The molecule has 0 saturated carbocycles. The van der Waals surface area contributed by atoms with Crippen LogP contribution < -0.4 is 10.1 Å². The van der Waals surface area contributed by atoms with Gasteiger partial charge < -0.3 is 20.3 Å². The van der Waals surface area contributed by atoms with Crippen molar-refractivity contribution in [1.29, 1.82) is 0 Å². The fraction of sp³-hybridized carbons (Fsp3) is 0.133. The van der Waals surface area contributed by atoms with Crippen molar-refractivity contribution < 1.29 is 24.1 Å². The number of nitrogens with one attached hydrogen (secondary N) is 1. The number of aromatic hydroxyl groups is 1. The van der Waals surface area contributed by atoms with Gasteiger partial charge in [-0.2, -0.15) is 0 Å². The molecule has 2 rings (SSSR count). The van der Waals surface area contributed by atoms with E-state index >= 15 is 0 Å². The Balaban J connectivity index is 1.92. The molecule has 3 N–H and O–H groups in total. The third-order valence-electron chi connectivity index (χ3n) is 2.92. The van der Waals surface area contributed by atoms with Crippen LogP contribution in [0.1, 0.15) is 10.4 Å². The molecule has 2 aromatic rings. The Morgan fingerprint density at radius 1 is 1.22 bits per heavy atom. The van der Waals surface area contributed by atoms with Crippen molar-refractivity contribution in [2.75, 3.05) is 18.5 Å². The zero-order chi connectivity index (χ0) is 17.0. The van der Waals surface area contributed by atoms with Gasteiger partial charge in [-0.3, -0.25) is 0 Å². The molecule has 0 saturated heterocycles. The number of hydrogen-bond acceptors (Lipinski definition) is 4. The van der Waals surface area contributed by atoms with Crippen molar-refractivity contribution in [1.82, 2.24) is 0 Å². The second kappa shape index (κ2) is 7.39. The van der Waals surface area contributed by atoms with E-state index in [9.17, 15) is 14.3 Å². The Bertz CT molecular complexity index is 740. The van der Waals surface area contributed by atoms with Gasteiger partial charge in [0.25, 0.3) is 0 Å². The average molecular weight is 360 g/mol. The standard InChI is InChI=1S/C15H12Cl2FNO4/c16-13-10(18)2-4-12(14(13)17)23-6-5-19-8-1-3-11(20)9(7-8)15(21)22/h1-4,7,19-20H,5-6H2,(H,21,22). The summed E-state index contributed by atoms with van der Waals surface area (Å²) in [6.45, 7) is 0.514. The maximum atomic E-state index is 13.2. The molecule has 0 aromatic heterocycles. The highest BCUT2D eigenvalue weighted by molar-refractivity contribution is 6.43.